The third-order valence-electron chi connectivity index (χ3n) is 6.15. The van der Waals surface area contributed by atoms with E-state index >= 15 is 0 Å². The van der Waals surface area contributed by atoms with E-state index in [1.807, 2.05) is 68.4 Å². The zero-order valence-corrected chi connectivity index (χ0v) is 18.6. The van der Waals surface area contributed by atoms with E-state index in [-0.39, 0.29) is 29.8 Å². The van der Waals surface area contributed by atoms with Gasteiger partial charge in [0.15, 0.2) is 5.79 Å². The fourth-order valence-corrected chi connectivity index (χ4v) is 4.51. The van der Waals surface area contributed by atoms with Crippen LogP contribution in [-0.2, 0) is 20.9 Å². The van der Waals surface area contributed by atoms with E-state index in [0.717, 1.165) is 16.9 Å². The molecule has 0 aliphatic carbocycles. The number of nitrogens with zero attached hydrogens (tertiary/aromatic N) is 1. The van der Waals surface area contributed by atoms with Gasteiger partial charge >= 0.3 is 0 Å². The largest absolute Gasteiger partial charge is 0.489 e. The van der Waals surface area contributed by atoms with Crippen molar-refractivity contribution in [2.75, 3.05) is 11.5 Å². The second kappa shape index (κ2) is 8.61. The highest BCUT2D eigenvalue weighted by Gasteiger charge is 2.55. The molecule has 0 unspecified atom stereocenters. The fraction of sp³-hybridized carbons (Fsp3) is 0.296. The third-order valence-corrected chi connectivity index (χ3v) is 6.15. The van der Waals surface area contributed by atoms with E-state index in [4.69, 9.17) is 14.2 Å². The smallest absolute Gasteiger partial charge is 0.235 e. The molecular formula is C27H26FNO4. The molecule has 33 heavy (non-hydrogen) atoms. The van der Waals surface area contributed by atoms with E-state index in [0.29, 0.717) is 18.9 Å². The summed E-state index contributed by atoms with van der Waals surface area (Å²) >= 11 is 0. The number of amides is 1. The molecule has 5 nitrogen and oxygen atoms in total. The number of rotatable bonds is 6. The Hall–Kier alpha value is -3.22. The van der Waals surface area contributed by atoms with E-state index in [2.05, 4.69) is 0 Å². The van der Waals surface area contributed by atoms with Gasteiger partial charge in [0.05, 0.1) is 24.7 Å². The molecule has 0 N–H and O–H groups in total. The van der Waals surface area contributed by atoms with Gasteiger partial charge in [-0.15, -0.1) is 0 Å². The highest BCUT2D eigenvalue weighted by molar-refractivity contribution is 6.03. The molecular weight excluding hydrogens is 421 g/mol. The van der Waals surface area contributed by atoms with Crippen molar-refractivity contribution in [3.63, 3.8) is 0 Å². The van der Waals surface area contributed by atoms with Crippen LogP contribution in [0.3, 0.4) is 0 Å². The summed E-state index contributed by atoms with van der Waals surface area (Å²) in [5.74, 6) is -0.745. The number of ether oxygens (including phenoxy) is 3. The average molecular weight is 448 g/mol. The Kier molecular flexibility index (Phi) is 5.64. The minimum absolute atomic E-state index is 0.0534. The molecule has 5 rings (SSSR count). The van der Waals surface area contributed by atoms with Gasteiger partial charge in [-0.2, -0.15) is 0 Å². The standard InChI is InChI=1S/C27H26FNO4/c1-27(2)32-17-23(33-27)24-25(29(26(24)30)21-12-10-20(28)11-13-21)19-8-14-22(15-9-19)31-16-18-6-4-3-5-7-18/h3-15,23-25H,16-17H2,1-2H3/t23-,24-,25+/m0/s1. The Morgan fingerprint density at radius 3 is 2.33 bits per heavy atom. The topological polar surface area (TPSA) is 48.0 Å². The highest BCUT2D eigenvalue weighted by atomic mass is 19.1. The van der Waals surface area contributed by atoms with Crippen LogP contribution in [0.25, 0.3) is 0 Å². The first-order valence-corrected chi connectivity index (χ1v) is 11.1. The van der Waals surface area contributed by atoms with E-state index in [1.165, 1.54) is 12.1 Å². The van der Waals surface area contributed by atoms with E-state index in [9.17, 15) is 9.18 Å². The van der Waals surface area contributed by atoms with Crippen LogP contribution in [0.2, 0.25) is 0 Å². The molecule has 2 fully saturated rings. The predicted molar refractivity (Wildman–Crippen MR) is 122 cm³/mol. The first-order valence-electron chi connectivity index (χ1n) is 11.1. The molecule has 3 atom stereocenters. The number of hydrogen-bond donors (Lipinski definition) is 0. The lowest BCUT2D eigenvalue weighted by atomic mass is 9.78. The lowest BCUT2D eigenvalue weighted by molar-refractivity contribution is -0.157. The van der Waals surface area contributed by atoms with E-state index < -0.39 is 5.79 Å². The third kappa shape index (κ3) is 4.36. The zero-order valence-electron chi connectivity index (χ0n) is 18.6. The Morgan fingerprint density at radius 2 is 1.70 bits per heavy atom. The van der Waals surface area contributed by atoms with Crippen LogP contribution in [0.1, 0.15) is 31.0 Å². The average Bonchev–Trinajstić information content (AvgIpc) is 3.17. The van der Waals surface area contributed by atoms with Gasteiger partial charge in [-0.05, 0) is 61.4 Å². The molecule has 6 heteroatoms. The normalized spacial score (nSPS) is 23.9. The van der Waals surface area contributed by atoms with Gasteiger partial charge in [0.2, 0.25) is 5.91 Å². The van der Waals surface area contributed by atoms with Crippen LogP contribution < -0.4 is 9.64 Å². The summed E-state index contributed by atoms with van der Waals surface area (Å²) in [4.78, 5) is 14.9. The summed E-state index contributed by atoms with van der Waals surface area (Å²) in [6.45, 7) is 4.54. The second-order valence-electron chi connectivity index (χ2n) is 8.87. The molecule has 3 aromatic rings. The van der Waals surface area contributed by atoms with Crippen LogP contribution in [0.5, 0.6) is 5.75 Å². The van der Waals surface area contributed by atoms with Gasteiger partial charge in [0.1, 0.15) is 18.2 Å². The van der Waals surface area contributed by atoms with Gasteiger partial charge in [0, 0.05) is 5.69 Å². The molecule has 0 spiro atoms. The van der Waals surface area contributed by atoms with Gasteiger partial charge in [-0.1, -0.05) is 42.5 Å². The summed E-state index contributed by atoms with van der Waals surface area (Å²) in [6.07, 6.45) is -0.344. The lowest BCUT2D eigenvalue weighted by Crippen LogP contribution is -2.60. The summed E-state index contributed by atoms with van der Waals surface area (Å²) in [5, 5.41) is 0. The second-order valence-corrected chi connectivity index (χ2v) is 8.87. The molecule has 2 aliphatic rings. The highest BCUT2D eigenvalue weighted by Crippen LogP contribution is 2.48. The Bertz CT molecular complexity index is 1120. The van der Waals surface area contributed by atoms with Crippen LogP contribution in [-0.4, -0.2) is 24.4 Å². The zero-order chi connectivity index (χ0) is 23.0. The van der Waals surface area contributed by atoms with Gasteiger partial charge in [0.25, 0.3) is 0 Å². The molecule has 2 saturated heterocycles. The van der Waals surface area contributed by atoms with E-state index in [1.54, 1.807) is 17.0 Å². The predicted octanol–water partition coefficient (Wildman–Crippen LogP) is 5.26. The van der Waals surface area contributed by atoms with Crippen molar-refractivity contribution in [2.45, 2.75) is 38.4 Å². The first-order chi connectivity index (χ1) is 15.9. The number of carbonyl (C=O) groups is 1. The number of β-lactam (4-membered cyclic amide) rings is 1. The van der Waals surface area contributed by atoms with Crippen LogP contribution in [0.15, 0.2) is 78.9 Å². The Morgan fingerprint density at radius 1 is 1.00 bits per heavy atom. The molecule has 3 aromatic carbocycles. The molecule has 2 aliphatic heterocycles. The fourth-order valence-electron chi connectivity index (χ4n) is 4.51. The van der Waals surface area contributed by atoms with Gasteiger partial charge < -0.3 is 19.1 Å². The van der Waals surface area contributed by atoms with Crippen molar-refractivity contribution >= 4 is 11.6 Å². The van der Waals surface area contributed by atoms with Crippen LogP contribution >= 0.6 is 0 Å². The van der Waals surface area contributed by atoms with Gasteiger partial charge in [-0.25, -0.2) is 4.39 Å². The molecule has 0 saturated carbocycles. The van der Waals surface area contributed by atoms with Crippen molar-refractivity contribution in [3.05, 3.63) is 95.8 Å². The molecule has 170 valence electrons. The lowest BCUT2D eigenvalue weighted by Gasteiger charge is -2.49. The van der Waals surface area contributed by atoms with Crippen molar-refractivity contribution in [1.82, 2.24) is 0 Å². The quantitative estimate of drug-likeness (QED) is 0.484. The summed E-state index contributed by atoms with van der Waals surface area (Å²) in [6, 6.07) is 23.5. The molecule has 2 heterocycles. The summed E-state index contributed by atoms with van der Waals surface area (Å²) in [7, 11) is 0. The van der Waals surface area contributed by atoms with Crippen molar-refractivity contribution < 1.29 is 23.4 Å². The maximum absolute atomic E-state index is 13.5. The number of benzene rings is 3. The maximum atomic E-state index is 13.5. The Labute approximate surface area is 192 Å². The van der Waals surface area contributed by atoms with Crippen molar-refractivity contribution in [2.24, 2.45) is 5.92 Å². The van der Waals surface area contributed by atoms with Crippen LogP contribution in [0.4, 0.5) is 10.1 Å². The minimum Gasteiger partial charge on any atom is -0.489 e. The molecule has 0 aromatic heterocycles. The van der Waals surface area contributed by atoms with Gasteiger partial charge in [-0.3, -0.25) is 4.79 Å². The summed E-state index contributed by atoms with van der Waals surface area (Å²) in [5.41, 5.74) is 2.71. The molecule has 1 amide bonds. The minimum atomic E-state index is -0.721. The Balaban J connectivity index is 1.38. The van der Waals surface area contributed by atoms with Crippen LogP contribution in [0, 0.1) is 11.7 Å². The number of hydrogen-bond acceptors (Lipinski definition) is 4. The first kappa shape index (κ1) is 21.6. The monoisotopic (exact) mass is 447 g/mol. The summed E-state index contributed by atoms with van der Waals surface area (Å²) < 4.78 is 31.2. The number of carbonyl (C=O) groups excluding carboxylic acids is 1. The molecule has 0 bridgehead atoms. The number of anilines is 1. The maximum Gasteiger partial charge on any atom is 0.235 e. The SMILES string of the molecule is CC1(C)OC[C@@H]([C@@H]2C(=O)N(c3ccc(F)cc3)[C@@H]2c2ccc(OCc3ccccc3)cc2)O1. The molecule has 0 radical (unpaired) electrons. The van der Waals surface area contributed by atoms with Crippen molar-refractivity contribution in [1.29, 1.82) is 0 Å². The number of halogens is 1. The van der Waals surface area contributed by atoms with Crippen molar-refractivity contribution in [3.8, 4) is 5.75 Å².